The minimum atomic E-state index is -3.92. The highest BCUT2D eigenvalue weighted by molar-refractivity contribution is 7.85. The van der Waals surface area contributed by atoms with Crippen LogP contribution in [0, 0.1) is 5.82 Å². The van der Waals surface area contributed by atoms with Crippen LogP contribution in [0.15, 0.2) is 24.3 Å². The molecule has 1 aromatic rings. The highest BCUT2D eigenvalue weighted by Gasteiger charge is 2.13. The lowest BCUT2D eigenvalue weighted by atomic mass is 10.0. The van der Waals surface area contributed by atoms with Gasteiger partial charge in [0.2, 0.25) is 0 Å². The van der Waals surface area contributed by atoms with Crippen molar-refractivity contribution < 1.29 is 17.4 Å². The maximum atomic E-state index is 13.5. The van der Waals surface area contributed by atoms with Crippen LogP contribution in [0.1, 0.15) is 31.4 Å². The third kappa shape index (κ3) is 5.12. The molecule has 0 bridgehead atoms. The zero-order valence-corrected chi connectivity index (χ0v) is 11.1. The number of benzene rings is 1. The Labute approximate surface area is 107 Å². The molecule has 0 spiro atoms. The van der Waals surface area contributed by atoms with Crippen molar-refractivity contribution in [3.8, 4) is 0 Å². The van der Waals surface area contributed by atoms with E-state index in [0.717, 1.165) is 0 Å². The molecule has 6 heteroatoms. The monoisotopic (exact) mass is 275 g/mol. The lowest BCUT2D eigenvalue weighted by molar-refractivity contribution is 0.468. The molecule has 0 amide bonds. The number of nitrogens with one attached hydrogen (secondary N) is 1. The Morgan fingerprint density at radius 2 is 2.06 bits per heavy atom. The van der Waals surface area contributed by atoms with Gasteiger partial charge in [0.25, 0.3) is 10.1 Å². The second-order valence-electron chi connectivity index (χ2n) is 4.08. The van der Waals surface area contributed by atoms with Crippen molar-refractivity contribution in [2.75, 3.05) is 12.3 Å². The van der Waals surface area contributed by atoms with Gasteiger partial charge in [-0.05, 0) is 25.5 Å². The minimum Gasteiger partial charge on any atom is -0.310 e. The van der Waals surface area contributed by atoms with Gasteiger partial charge in [-0.1, -0.05) is 25.1 Å². The molecule has 0 aliphatic heterocycles. The van der Waals surface area contributed by atoms with Crippen LogP contribution in [0.3, 0.4) is 0 Å². The van der Waals surface area contributed by atoms with E-state index in [2.05, 4.69) is 5.32 Å². The van der Waals surface area contributed by atoms with Gasteiger partial charge in [-0.15, -0.1) is 0 Å². The molecule has 0 fully saturated rings. The fraction of sp³-hybridized carbons (Fsp3) is 0.500. The van der Waals surface area contributed by atoms with E-state index in [0.29, 0.717) is 24.9 Å². The first-order chi connectivity index (χ1) is 8.44. The normalized spacial score (nSPS) is 13.5. The van der Waals surface area contributed by atoms with Gasteiger partial charge in [-0.25, -0.2) is 4.39 Å². The lowest BCUT2D eigenvalue weighted by Gasteiger charge is -2.17. The summed E-state index contributed by atoms with van der Waals surface area (Å²) in [5.41, 5.74) is 0.576. The Morgan fingerprint density at radius 1 is 1.39 bits per heavy atom. The molecular formula is C12H18FNO3S. The van der Waals surface area contributed by atoms with E-state index in [1.54, 1.807) is 18.2 Å². The van der Waals surface area contributed by atoms with E-state index >= 15 is 0 Å². The van der Waals surface area contributed by atoms with E-state index in [9.17, 15) is 12.8 Å². The molecule has 0 heterocycles. The average Bonchev–Trinajstić information content (AvgIpc) is 2.29. The molecule has 0 aliphatic carbocycles. The van der Waals surface area contributed by atoms with Gasteiger partial charge in [0.05, 0.1) is 5.75 Å². The Morgan fingerprint density at radius 3 is 2.61 bits per heavy atom. The Bertz CT molecular complexity index is 476. The molecule has 18 heavy (non-hydrogen) atoms. The highest BCUT2D eigenvalue weighted by Crippen LogP contribution is 2.19. The van der Waals surface area contributed by atoms with Crippen molar-refractivity contribution >= 4 is 10.1 Å². The second kappa shape index (κ2) is 6.82. The molecule has 1 unspecified atom stereocenters. The van der Waals surface area contributed by atoms with Crippen LogP contribution in [0.2, 0.25) is 0 Å². The summed E-state index contributed by atoms with van der Waals surface area (Å²) in [6, 6.07) is 6.36. The quantitative estimate of drug-likeness (QED) is 0.591. The molecule has 0 radical (unpaired) electrons. The second-order valence-corrected chi connectivity index (χ2v) is 5.65. The molecule has 0 aliphatic rings. The van der Waals surface area contributed by atoms with Gasteiger partial charge in [0, 0.05) is 11.6 Å². The van der Waals surface area contributed by atoms with Crippen LogP contribution in [0.5, 0.6) is 0 Å². The largest absolute Gasteiger partial charge is 0.310 e. The van der Waals surface area contributed by atoms with Crippen LogP contribution >= 0.6 is 0 Å². The molecule has 4 nitrogen and oxygen atoms in total. The topological polar surface area (TPSA) is 66.4 Å². The number of halogens is 1. The molecule has 1 rings (SSSR count). The van der Waals surface area contributed by atoms with Crippen LogP contribution in [-0.4, -0.2) is 25.3 Å². The summed E-state index contributed by atoms with van der Waals surface area (Å²) in [5.74, 6) is -0.556. The van der Waals surface area contributed by atoms with Crippen molar-refractivity contribution in [1.82, 2.24) is 5.32 Å². The summed E-state index contributed by atoms with van der Waals surface area (Å²) in [6.07, 6.45) is 0.997. The third-order valence-corrected chi connectivity index (χ3v) is 3.46. The summed E-state index contributed by atoms with van der Waals surface area (Å²) in [5, 5.41) is 3.08. The van der Waals surface area contributed by atoms with Gasteiger partial charge in [-0.2, -0.15) is 8.42 Å². The summed E-state index contributed by atoms with van der Waals surface area (Å²) < 4.78 is 43.2. The molecule has 102 valence electrons. The molecular weight excluding hydrogens is 257 g/mol. The molecule has 1 atom stereocenters. The molecule has 0 saturated carbocycles. The van der Waals surface area contributed by atoms with E-state index in [-0.39, 0.29) is 17.6 Å². The summed E-state index contributed by atoms with van der Waals surface area (Å²) >= 11 is 0. The molecule has 0 aromatic heterocycles. The zero-order chi connectivity index (χ0) is 13.6. The van der Waals surface area contributed by atoms with E-state index < -0.39 is 10.1 Å². The third-order valence-electron chi connectivity index (χ3n) is 2.66. The Kier molecular flexibility index (Phi) is 5.71. The van der Waals surface area contributed by atoms with Crippen LogP contribution < -0.4 is 5.32 Å². The standard InChI is InChI=1S/C12H18FNO3S/c1-2-12(10-6-3-4-7-11(10)13)14-8-5-9-18(15,16)17/h3-4,6-7,12,14H,2,5,8-9H2,1H3,(H,15,16,17). The van der Waals surface area contributed by atoms with Crippen molar-refractivity contribution in [3.05, 3.63) is 35.6 Å². The van der Waals surface area contributed by atoms with Gasteiger partial charge in [0.15, 0.2) is 0 Å². The summed E-state index contributed by atoms with van der Waals surface area (Å²) in [4.78, 5) is 0. The Hall–Kier alpha value is -0.980. The molecule has 1 aromatic carbocycles. The maximum absolute atomic E-state index is 13.5. The first-order valence-corrected chi connectivity index (χ1v) is 7.48. The van der Waals surface area contributed by atoms with Crippen molar-refractivity contribution in [3.63, 3.8) is 0 Å². The fourth-order valence-electron chi connectivity index (χ4n) is 1.76. The number of rotatable bonds is 7. The van der Waals surface area contributed by atoms with Gasteiger partial charge < -0.3 is 5.32 Å². The van der Waals surface area contributed by atoms with Gasteiger partial charge in [-0.3, -0.25) is 4.55 Å². The maximum Gasteiger partial charge on any atom is 0.264 e. The summed E-state index contributed by atoms with van der Waals surface area (Å²) in [6.45, 7) is 2.33. The van der Waals surface area contributed by atoms with Gasteiger partial charge in [0.1, 0.15) is 5.82 Å². The number of hydrogen-bond donors (Lipinski definition) is 2. The minimum absolute atomic E-state index is 0.146. The zero-order valence-electron chi connectivity index (χ0n) is 10.3. The predicted octanol–water partition coefficient (Wildman–Crippen LogP) is 2.14. The smallest absolute Gasteiger partial charge is 0.264 e. The number of hydrogen-bond acceptors (Lipinski definition) is 3. The van der Waals surface area contributed by atoms with E-state index in [1.165, 1.54) is 6.07 Å². The molecule has 0 saturated heterocycles. The highest BCUT2D eigenvalue weighted by atomic mass is 32.2. The van der Waals surface area contributed by atoms with Crippen LogP contribution in [0.4, 0.5) is 4.39 Å². The summed E-state index contributed by atoms with van der Waals surface area (Å²) in [7, 11) is -3.92. The van der Waals surface area contributed by atoms with E-state index in [4.69, 9.17) is 4.55 Å². The van der Waals surface area contributed by atoms with E-state index in [1.807, 2.05) is 6.92 Å². The average molecular weight is 275 g/mol. The van der Waals surface area contributed by atoms with Crippen LogP contribution in [0.25, 0.3) is 0 Å². The first kappa shape index (κ1) is 15.1. The Balaban J connectivity index is 2.51. The first-order valence-electron chi connectivity index (χ1n) is 5.87. The fourth-order valence-corrected chi connectivity index (χ4v) is 2.27. The lowest BCUT2D eigenvalue weighted by Crippen LogP contribution is -2.24. The van der Waals surface area contributed by atoms with Crippen molar-refractivity contribution in [1.29, 1.82) is 0 Å². The molecule has 2 N–H and O–H groups in total. The van der Waals surface area contributed by atoms with Crippen molar-refractivity contribution in [2.24, 2.45) is 0 Å². The van der Waals surface area contributed by atoms with Gasteiger partial charge >= 0.3 is 0 Å². The van der Waals surface area contributed by atoms with Crippen molar-refractivity contribution in [2.45, 2.75) is 25.8 Å². The van der Waals surface area contributed by atoms with Crippen LogP contribution in [-0.2, 0) is 10.1 Å². The predicted molar refractivity (Wildman–Crippen MR) is 68.5 cm³/mol. The SMILES string of the molecule is CCC(NCCCS(=O)(=O)O)c1ccccc1F.